The molecule has 2 aromatic carbocycles. The highest BCUT2D eigenvalue weighted by atomic mass is 16.5. The minimum Gasteiger partial charge on any atom is -0.484 e. The summed E-state index contributed by atoms with van der Waals surface area (Å²) in [6.45, 7) is 1.39. The van der Waals surface area contributed by atoms with E-state index >= 15 is 0 Å². The second kappa shape index (κ2) is 7.80. The van der Waals surface area contributed by atoms with Gasteiger partial charge in [0.15, 0.2) is 6.61 Å². The maximum atomic E-state index is 12.9. The molecule has 0 spiro atoms. The van der Waals surface area contributed by atoms with Gasteiger partial charge in [-0.15, -0.1) is 0 Å². The summed E-state index contributed by atoms with van der Waals surface area (Å²) in [5.74, 6) is -0.829. The largest absolute Gasteiger partial charge is 0.484 e. The molecule has 1 heterocycles. The minimum absolute atomic E-state index is 0.329. The number of carbonyl (C=O) groups is 3. The molecule has 2 aromatic rings. The lowest BCUT2D eigenvalue weighted by Gasteiger charge is -2.25. The Balaban J connectivity index is 1.66. The van der Waals surface area contributed by atoms with E-state index in [2.05, 4.69) is 10.7 Å². The van der Waals surface area contributed by atoms with E-state index in [1.165, 1.54) is 0 Å². The van der Waals surface area contributed by atoms with Crippen LogP contribution < -0.4 is 15.5 Å². The Morgan fingerprint density at radius 3 is 2.46 bits per heavy atom. The van der Waals surface area contributed by atoms with Gasteiger partial charge in [-0.2, -0.15) is 10.3 Å². The molecule has 0 saturated carbocycles. The first-order chi connectivity index (χ1) is 13.5. The molecule has 142 valence electrons. The molecule has 1 saturated heterocycles. The van der Waals surface area contributed by atoms with Crippen LogP contribution >= 0.6 is 0 Å². The standard InChI is InChI=1S/C20H18N4O4/c1-2-20(15-6-4-3-5-7-15)18(26)24(19(27)22-20)23-17(25)13-28-16-10-8-14(12-21)9-11-16/h3-11H,2,13H2,1H3,(H,22,27)(H,23,25). The number of carbonyl (C=O) groups excluding carboxylic acids is 3. The third kappa shape index (κ3) is 3.50. The smallest absolute Gasteiger partial charge is 0.344 e. The Labute approximate surface area is 161 Å². The van der Waals surface area contributed by atoms with Gasteiger partial charge < -0.3 is 10.1 Å². The number of hydrazine groups is 1. The van der Waals surface area contributed by atoms with Crippen LogP contribution in [0.3, 0.4) is 0 Å². The molecule has 4 amide bonds. The number of nitriles is 1. The zero-order valence-electron chi connectivity index (χ0n) is 15.1. The molecule has 8 nitrogen and oxygen atoms in total. The van der Waals surface area contributed by atoms with Crippen LogP contribution in [-0.4, -0.2) is 29.5 Å². The van der Waals surface area contributed by atoms with Gasteiger partial charge in [-0.3, -0.25) is 15.0 Å². The van der Waals surface area contributed by atoms with E-state index in [0.717, 1.165) is 0 Å². The van der Waals surface area contributed by atoms with Gasteiger partial charge in [-0.25, -0.2) is 4.79 Å². The molecule has 0 bridgehead atoms. The van der Waals surface area contributed by atoms with Crippen molar-refractivity contribution in [3.05, 3.63) is 65.7 Å². The minimum atomic E-state index is -1.22. The van der Waals surface area contributed by atoms with E-state index in [0.29, 0.717) is 28.3 Å². The van der Waals surface area contributed by atoms with E-state index in [1.54, 1.807) is 55.5 Å². The number of nitrogens with zero attached hydrogens (tertiary/aromatic N) is 2. The zero-order valence-corrected chi connectivity index (χ0v) is 15.1. The van der Waals surface area contributed by atoms with E-state index in [1.807, 2.05) is 12.1 Å². The van der Waals surface area contributed by atoms with Crippen molar-refractivity contribution in [1.82, 2.24) is 15.8 Å². The molecule has 2 N–H and O–H groups in total. The van der Waals surface area contributed by atoms with Gasteiger partial charge in [-0.05, 0) is 36.2 Å². The summed E-state index contributed by atoms with van der Waals surface area (Å²) in [6.07, 6.45) is 0.329. The van der Waals surface area contributed by atoms with Crippen molar-refractivity contribution >= 4 is 17.8 Å². The highest BCUT2D eigenvalue weighted by Gasteiger charge is 2.52. The first kappa shape index (κ1) is 18.9. The number of urea groups is 1. The summed E-state index contributed by atoms with van der Waals surface area (Å²) >= 11 is 0. The lowest BCUT2D eigenvalue weighted by Crippen LogP contribution is -2.49. The molecule has 1 atom stereocenters. The van der Waals surface area contributed by atoms with Crippen LogP contribution in [0.2, 0.25) is 0 Å². The summed E-state index contributed by atoms with van der Waals surface area (Å²) in [5, 5.41) is 12.1. The Bertz CT molecular complexity index is 937. The highest BCUT2D eigenvalue weighted by Crippen LogP contribution is 2.31. The normalized spacial score (nSPS) is 18.4. The third-order valence-corrected chi connectivity index (χ3v) is 4.48. The fraction of sp³-hybridized carbons (Fsp3) is 0.200. The van der Waals surface area contributed by atoms with Crippen molar-refractivity contribution in [3.8, 4) is 11.8 Å². The van der Waals surface area contributed by atoms with Gasteiger partial charge in [0.1, 0.15) is 11.3 Å². The number of ether oxygens (including phenoxy) is 1. The number of nitrogens with one attached hydrogen (secondary N) is 2. The van der Waals surface area contributed by atoms with Crippen molar-refractivity contribution < 1.29 is 19.1 Å². The average molecular weight is 378 g/mol. The molecule has 0 aliphatic carbocycles. The molecule has 1 aliphatic heterocycles. The Hall–Kier alpha value is -3.86. The summed E-state index contributed by atoms with van der Waals surface area (Å²) < 4.78 is 5.32. The number of rotatable bonds is 6. The van der Waals surface area contributed by atoms with Crippen LogP contribution in [0, 0.1) is 11.3 Å². The van der Waals surface area contributed by atoms with Crippen LogP contribution in [0.4, 0.5) is 4.79 Å². The maximum Gasteiger partial charge on any atom is 0.344 e. The molecule has 3 rings (SSSR count). The number of amides is 4. The van der Waals surface area contributed by atoms with Crippen molar-refractivity contribution in [2.24, 2.45) is 0 Å². The number of hydrogen-bond acceptors (Lipinski definition) is 5. The fourth-order valence-electron chi connectivity index (χ4n) is 2.97. The van der Waals surface area contributed by atoms with Crippen molar-refractivity contribution in [3.63, 3.8) is 0 Å². The number of hydrogen-bond donors (Lipinski definition) is 2. The molecule has 0 radical (unpaired) electrons. The number of benzene rings is 2. The van der Waals surface area contributed by atoms with E-state index in [4.69, 9.17) is 10.00 Å². The molecule has 8 heteroatoms. The molecule has 1 fully saturated rings. The summed E-state index contributed by atoms with van der Waals surface area (Å²) in [4.78, 5) is 37.4. The molecule has 1 aliphatic rings. The lowest BCUT2D eigenvalue weighted by molar-refractivity contribution is -0.140. The van der Waals surface area contributed by atoms with Crippen LogP contribution in [0.1, 0.15) is 24.5 Å². The van der Waals surface area contributed by atoms with Crippen LogP contribution in [0.15, 0.2) is 54.6 Å². The maximum absolute atomic E-state index is 12.9. The molecular weight excluding hydrogens is 360 g/mol. The SMILES string of the molecule is CCC1(c2ccccc2)NC(=O)N(NC(=O)COc2ccc(C#N)cc2)C1=O. The first-order valence-electron chi connectivity index (χ1n) is 8.65. The van der Waals surface area contributed by atoms with Crippen molar-refractivity contribution in [1.29, 1.82) is 5.26 Å². The third-order valence-electron chi connectivity index (χ3n) is 4.48. The topological polar surface area (TPSA) is 112 Å². The van der Waals surface area contributed by atoms with Gasteiger partial charge in [0.25, 0.3) is 11.8 Å². The second-order valence-corrected chi connectivity index (χ2v) is 6.16. The fourth-order valence-corrected chi connectivity index (χ4v) is 2.97. The quantitative estimate of drug-likeness (QED) is 0.745. The van der Waals surface area contributed by atoms with E-state index in [9.17, 15) is 14.4 Å². The molecular formula is C20H18N4O4. The lowest BCUT2D eigenvalue weighted by atomic mass is 9.87. The average Bonchev–Trinajstić information content (AvgIpc) is 2.98. The summed E-state index contributed by atoms with van der Waals surface area (Å²) in [5.41, 5.74) is 2.17. The van der Waals surface area contributed by atoms with E-state index in [-0.39, 0.29) is 0 Å². The second-order valence-electron chi connectivity index (χ2n) is 6.16. The van der Waals surface area contributed by atoms with Crippen LogP contribution in [0.5, 0.6) is 5.75 Å². The predicted molar refractivity (Wildman–Crippen MR) is 98.6 cm³/mol. The van der Waals surface area contributed by atoms with Gasteiger partial charge >= 0.3 is 6.03 Å². The van der Waals surface area contributed by atoms with Crippen LogP contribution in [-0.2, 0) is 15.1 Å². The number of imide groups is 1. The monoisotopic (exact) mass is 378 g/mol. The molecule has 1 unspecified atom stereocenters. The van der Waals surface area contributed by atoms with E-state index < -0.39 is 30.0 Å². The summed E-state index contributed by atoms with van der Waals surface area (Å²) in [7, 11) is 0. The van der Waals surface area contributed by atoms with Gasteiger partial charge in [0.2, 0.25) is 0 Å². The predicted octanol–water partition coefficient (Wildman–Crippen LogP) is 1.83. The summed E-state index contributed by atoms with van der Waals surface area (Å²) in [6, 6.07) is 16.4. The first-order valence-corrected chi connectivity index (χ1v) is 8.65. The molecule has 0 aromatic heterocycles. The Morgan fingerprint density at radius 2 is 1.86 bits per heavy atom. The molecule has 28 heavy (non-hydrogen) atoms. The Morgan fingerprint density at radius 1 is 1.18 bits per heavy atom. The van der Waals surface area contributed by atoms with Gasteiger partial charge in [0.05, 0.1) is 11.6 Å². The van der Waals surface area contributed by atoms with Crippen molar-refractivity contribution in [2.45, 2.75) is 18.9 Å². The van der Waals surface area contributed by atoms with Gasteiger partial charge in [-0.1, -0.05) is 37.3 Å². The van der Waals surface area contributed by atoms with Gasteiger partial charge in [0, 0.05) is 0 Å². The highest BCUT2D eigenvalue weighted by molar-refractivity contribution is 6.08. The van der Waals surface area contributed by atoms with Crippen molar-refractivity contribution in [2.75, 3.05) is 6.61 Å². The zero-order chi connectivity index (χ0) is 20.1. The Kier molecular flexibility index (Phi) is 5.27. The van der Waals surface area contributed by atoms with Crippen LogP contribution in [0.25, 0.3) is 0 Å².